The molecular weight excluding hydrogens is 444 g/mol. The van der Waals surface area contributed by atoms with Crippen molar-refractivity contribution in [3.8, 4) is 0 Å². The molecule has 1 heterocycles. The van der Waals surface area contributed by atoms with Gasteiger partial charge >= 0.3 is 11.9 Å². The van der Waals surface area contributed by atoms with E-state index < -0.39 is 29.7 Å². The van der Waals surface area contributed by atoms with E-state index in [-0.39, 0.29) is 35.2 Å². The Morgan fingerprint density at radius 2 is 1.97 bits per heavy atom. The number of cyclic esters (lactones) is 1. The summed E-state index contributed by atoms with van der Waals surface area (Å²) in [4.78, 5) is 24.9. The number of ether oxygens (including phenoxy) is 2. The maximum atomic E-state index is 12.5. The SMILES string of the molecule is C=C1C2CC3C(C(C)C)C(OC(=O)CCC)CC3(C)CC2C(C)=CCC2C(C)OC(=O)C(O)C12O. The summed E-state index contributed by atoms with van der Waals surface area (Å²) in [6.45, 7) is 17.0. The van der Waals surface area contributed by atoms with Crippen molar-refractivity contribution < 1.29 is 29.3 Å². The standard InChI is InChI=1S/C29H44O6/c1-8-9-24(30)35-23-14-28(7)13-20-16(4)10-11-21-18(6)34-27(32)26(31)29(21,33)17(5)19(20)12-22(28)25(23)15(2)3/h10,15,18-23,25-26,31,33H,5,8-9,11-14H2,1-4,6-7H3. The first-order chi connectivity index (χ1) is 16.3. The predicted molar refractivity (Wildman–Crippen MR) is 133 cm³/mol. The number of aliphatic hydroxyl groups is 2. The summed E-state index contributed by atoms with van der Waals surface area (Å²) < 4.78 is 11.4. The zero-order valence-electron chi connectivity index (χ0n) is 22.3. The summed E-state index contributed by atoms with van der Waals surface area (Å²) in [7, 11) is 0. The van der Waals surface area contributed by atoms with Gasteiger partial charge in [-0.15, -0.1) is 0 Å². The first-order valence-corrected chi connectivity index (χ1v) is 13.5. The van der Waals surface area contributed by atoms with Crippen LogP contribution >= 0.6 is 0 Å². The van der Waals surface area contributed by atoms with Crippen LogP contribution in [0.2, 0.25) is 0 Å². The van der Waals surface area contributed by atoms with Crippen molar-refractivity contribution in [2.24, 2.45) is 40.9 Å². The van der Waals surface area contributed by atoms with Crippen LogP contribution < -0.4 is 0 Å². The molecule has 10 unspecified atom stereocenters. The van der Waals surface area contributed by atoms with Gasteiger partial charge in [0.1, 0.15) is 17.8 Å². The monoisotopic (exact) mass is 488 g/mol. The predicted octanol–water partition coefficient (Wildman–Crippen LogP) is 4.58. The number of aliphatic hydroxyl groups excluding tert-OH is 1. The molecule has 0 aromatic rings. The fraction of sp³-hybridized carbons (Fsp3) is 0.793. The van der Waals surface area contributed by atoms with Crippen LogP contribution in [0.15, 0.2) is 23.8 Å². The molecule has 6 heteroatoms. The van der Waals surface area contributed by atoms with Crippen molar-refractivity contribution in [1.29, 1.82) is 0 Å². The molecule has 4 aliphatic rings. The highest BCUT2D eigenvalue weighted by Gasteiger charge is 2.62. The Morgan fingerprint density at radius 1 is 1.29 bits per heavy atom. The molecule has 10 atom stereocenters. The molecule has 2 N–H and O–H groups in total. The van der Waals surface area contributed by atoms with E-state index in [0.29, 0.717) is 30.3 Å². The Hall–Kier alpha value is -1.66. The van der Waals surface area contributed by atoms with Crippen molar-refractivity contribution >= 4 is 11.9 Å². The van der Waals surface area contributed by atoms with Crippen molar-refractivity contribution in [2.45, 2.75) is 104 Å². The summed E-state index contributed by atoms with van der Waals surface area (Å²) in [5, 5.41) is 22.9. The highest BCUT2D eigenvalue weighted by molar-refractivity contribution is 5.78. The Labute approximate surface area is 210 Å². The van der Waals surface area contributed by atoms with Gasteiger partial charge in [-0.1, -0.05) is 45.9 Å². The minimum absolute atomic E-state index is 0.00126. The van der Waals surface area contributed by atoms with Gasteiger partial charge in [0.25, 0.3) is 0 Å². The minimum Gasteiger partial charge on any atom is -0.462 e. The fourth-order valence-electron chi connectivity index (χ4n) is 8.16. The van der Waals surface area contributed by atoms with Gasteiger partial charge in [0.15, 0.2) is 6.10 Å². The van der Waals surface area contributed by atoms with E-state index >= 15 is 0 Å². The van der Waals surface area contributed by atoms with Crippen LogP contribution in [0.3, 0.4) is 0 Å². The van der Waals surface area contributed by atoms with Gasteiger partial charge < -0.3 is 19.7 Å². The summed E-state index contributed by atoms with van der Waals surface area (Å²) in [6.07, 6.45) is 4.18. The lowest BCUT2D eigenvalue weighted by molar-refractivity contribution is -0.209. The second-order valence-electron chi connectivity index (χ2n) is 12.4. The third kappa shape index (κ3) is 4.19. The number of carbonyl (C=O) groups is 2. The van der Waals surface area contributed by atoms with E-state index in [9.17, 15) is 19.8 Å². The number of allylic oxidation sites excluding steroid dienone is 2. The zero-order valence-corrected chi connectivity index (χ0v) is 22.3. The van der Waals surface area contributed by atoms with Crippen molar-refractivity contribution in [2.75, 3.05) is 0 Å². The molecule has 2 saturated carbocycles. The first-order valence-electron chi connectivity index (χ1n) is 13.5. The van der Waals surface area contributed by atoms with Gasteiger partial charge in [-0.05, 0) is 80.6 Å². The fourth-order valence-corrected chi connectivity index (χ4v) is 8.16. The highest BCUT2D eigenvalue weighted by atomic mass is 16.6. The van der Waals surface area contributed by atoms with E-state index in [1.54, 1.807) is 6.92 Å². The summed E-state index contributed by atoms with van der Waals surface area (Å²) in [5.41, 5.74) is 0.110. The Morgan fingerprint density at radius 3 is 2.60 bits per heavy atom. The Bertz CT molecular complexity index is 907. The maximum Gasteiger partial charge on any atom is 0.338 e. The number of rotatable bonds is 4. The molecule has 35 heavy (non-hydrogen) atoms. The van der Waals surface area contributed by atoms with E-state index in [0.717, 1.165) is 25.7 Å². The number of fused-ring (bicyclic) bond motifs is 3. The molecule has 3 fully saturated rings. The largest absolute Gasteiger partial charge is 0.462 e. The summed E-state index contributed by atoms with van der Waals surface area (Å²) in [5.74, 6) is -0.412. The van der Waals surface area contributed by atoms with E-state index in [4.69, 9.17) is 9.47 Å². The van der Waals surface area contributed by atoms with Crippen molar-refractivity contribution in [3.05, 3.63) is 23.8 Å². The first kappa shape index (κ1) is 26.4. The number of carbonyl (C=O) groups excluding carboxylic acids is 2. The molecule has 0 spiro atoms. The molecule has 6 nitrogen and oxygen atoms in total. The van der Waals surface area contributed by atoms with Crippen LogP contribution in [0.4, 0.5) is 0 Å². The number of esters is 2. The van der Waals surface area contributed by atoms with E-state index in [1.165, 1.54) is 5.57 Å². The third-order valence-electron chi connectivity index (χ3n) is 9.96. The minimum atomic E-state index is -1.72. The van der Waals surface area contributed by atoms with Gasteiger partial charge in [0, 0.05) is 18.3 Å². The number of hydrogen-bond donors (Lipinski definition) is 2. The Kier molecular flexibility index (Phi) is 7.04. The topological polar surface area (TPSA) is 93.1 Å². The second-order valence-corrected chi connectivity index (χ2v) is 12.4. The zero-order chi connectivity index (χ0) is 25.9. The molecule has 0 radical (unpaired) electrons. The summed E-state index contributed by atoms with van der Waals surface area (Å²) >= 11 is 0. The molecule has 0 aromatic heterocycles. The lowest BCUT2D eigenvalue weighted by atomic mass is 9.53. The third-order valence-corrected chi connectivity index (χ3v) is 9.96. The average molecular weight is 489 g/mol. The van der Waals surface area contributed by atoms with Gasteiger partial charge in [-0.3, -0.25) is 4.79 Å². The molecule has 196 valence electrons. The van der Waals surface area contributed by atoms with Crippen LogP contribution in [0, 0.1) is 40.9 Å². The molecule has 3 aliphatic carbocycles. The highest BCUT2D eigenvalue weighted by Crippen LogP contribution is 2.63. The van der Waals surface area contributed by atoms with Crippen LogP contribution in [0.1, 0.15) is 80.1 Å². The quantitative estimate of drug-likeness (QED) is 0.444. The molecule has 0 aromatic carbocycles. The van der Waals surface area contributed by atoms with Gasteiger partial charge in [0.2, 0.25) is 0 Å². The van der Waals surface area contributed by atoms with Crippen LogP contribution in [-0.2, 0) is 19.1 Å². The average Bonchev–Trinajstić information content (AvgIpc) is 3.06. The second kappa shape index (κ2) is 9.33. The van der Waals surface area contributed by atoms with Gasteiger partial charge in [-0.2, -0.15) is 0 Å². The molecular formula is C29H44O6. The molecule has 0 amide bonds. The molecule has 4 rings (SSSR count). The maximum absolute atomic E-state index is 12.5. The smallest absolute Gasteiger partial charge is 0.338 e. The normalized spacial score (nSPS) is 45.5. The van der Waals surface area contributed by atoms with Crippen LogP contribution in [0.25, 0.3) is 0 Å². The van der Waals surface area contributed by atoms with Crippen molar-refractivity contribution in [3.63, 3.8) is 0 Å². The summed E-state index contributed by atoms with van der Waals surface area (Å²) in [6, 6.07) is 0. The lowest BCUT2D eigenvalue weighted by Gasteiger charge is -2.54. The van der Waals surface area contributed by atoms with Crippen LogP contribution in [0.5, 0.6) is 0 Å². The van der Waals surface area contributed by atoms with Gasteiger partial charge in [-0.25, -0.2) is 4.79 Å². The number of hydrogen-bond acceptors (Lipinski definition) is 6. The molecule has 1 aliphatic heterocycles. The van der Waals surface area contributed by atoms with Crippen LogP contribution in [-0.4, -0.2) is 46.1 Å². The van der Waals surface area contributed by atoms with E-state index in [2.05, 4.69) is 40.3 Å². The Balaban J connectivity index is 1.72. The lowest BCUT2D eigenvalue weighted by Crippen LogP contribution is -2.63. The van der Waals surface area contributed by atoms with Gasteiger partial charge in [0.05, 0.1) is 0 Å². The molecule has 1 saturated heterocycles. The molecule has 0 bridgehead atoms. The van der Waals surface area contributed by atoms with Crippen molar-refractivity contribution in [1.82, 2.24) is 0 Å². The van der Waals surface area contributed by atoms with E-state index in [1.807, 2.05) is 6.92 Å².